The van der Waals surface area contributed by atoms with E-state index in [1.165, 1.54) is 5.56 Å². The summed E-state index contributed by atoms with van der Waals surface area (Å²) in [6, 6.07) is 17.9. The first-order valence-electron chi connectivity index (χ1n) is 7.77. The van der Waals surface area contributed by atoms with Crippen molar-refractivity contribution in [2.24, 2.45) is 5.73 Å². The van der Waals surface area contributed by atoms with Gasteiger partial charge in [0.15, 0.2) is 0 Å². The van der Waals surface area contributed by atoms with E-state index in [0.717, 1.165) is 28.1 Å². The minimum Gasteiger partial charge on any atom is -0.326 e. The summed E-state index contributed by atoms with van der Waals surface area (Å²) >= 11 is 0. The van der Waals surface area contributed by atoms with E-state index in [1.54, 1.807) is 0 Å². The molecule has 0 saturated heterocycles. The van der Waals surface area contributed by atoms with Crippen molar-refractivity contribution in [3.05, 3.63) is 77.5 Å². The molecule has 0 aliphatic carbocycles. The zero-order chi connectivity index (χ0) is 17.1. The van der Waals surface area contributed by atoms with Crippen LogP contribution >= 0.6 is 0 Å². The molecular formula is C19H20N2O2S. The Morgan fingerprint density at radius 2 is 1.54 bits per heavy atom. The Labute approximate surface area is 143 Å². The van der Waals surface area contributed by atoms with Crippen molar-refractivity contribution < 1.29 is 8.42 Å². The smallest absolute Gasteiger partial charge is 0.144 e. The summed E-state index contributed by atoms with van der Waals surface area (Å²) in [4.78, 5) is 0. The Morgan fingerprint density at radius 3 is 2.12 bits per heavy atom. The van der Waals surface area contributed by atoms with Gasteiger partial charge >= 0.3 is 0 Å². The summed E-state index contributed by atoms with van der Waals surface area (Å²) < 4.78 is 23.8. The molecule has 1 heterocycles. The van der Waals surface area contributed by atoms with Crippen LogP contribution < -0.4 is 5.73 Å². The zero-order valence-corrected chi connectivity index (χ0v) is 14.4. The van der Waals surface area contributed by atoms with E-state index in [1.807, 2.05) is 42.6 Å². The van der Waals surface area contributed by atoms with Gasteiger partial charge in [0.05, 0.1) is 11.4 Å². The maximum Gasteiger partial charge on any atom is 0.144 e. The lowest BCUT2D eigenvalue weighted by molar-refractivity contribution is 0.614. The second-order valence-electron chi connectivity index (χ2n) is 5.78. The molecule has 0 saturated carbocycles. The molecule has 0 fully saturated rings. The molecule has 0 aliphatic rings. The average molecular weight is 340 g/mol. The Hall–Kier alpha value is -2.37. The van der Waals surface area contributed by atoms with Gasteiger partial charge in [0.1, 0.15) is 10.7 Å². The third-order valence-corrected chi connectivity index (χ3v) is 4.70. The van der Waals surface area contributed by atoms with Crippen molar-refractivity contribution >= 4 is 10.7 Å². The van der Waals surface area contributed by atoms with Crippen LogP contribution in [0.4, 0.5) is 0 Å². The van der Waals surface area contributed by atoms with Gasteiger partial charge in [-0.2, -0.15) is 0 Å². The molecule has 1 aromatic heterocycles. The fraction of sp³-hybridized carbons (Fsp3) is 0.158. The molecule has 3 aromatic rings. The lowest BCUT2D eigenvalue weighted by Gasteiger charge is -2.12. The standard InChI is InChI=1S/C19H20N2O2S/c1-14-10-11-21(18-8-4-16(5-9-18)13-24(22)23)19(14)17-6-2-15(12-20)3-7-17/h2-11,24H,12-13,20H2,1H3. The number of benzene rings is 2. The van der Waals surface area contributed by atoms with Crippen LogP contribution in [0.5, 0.6) is 0 Å². The number of aryl methyl sites for hydroxylation is 1. The van der Waals surface area contributed by atoms with Crippen LogP contribution in [0.1, 0.15) is 16.7 Å². The van der Waals surface area contributed by atoms with Gasteiger partial charge in [0.2, 0.25) is 0 Å². The van der Waals surface area contributed by atoms with Gasteiger partial charge in [-0.15, -0.1) is 0 Å². The van der Waals surface area contributed by atoms with E-state index in [4.69, 9.17) is 5.73 Å². The summed E-state index contributed by atoms with van der Waals surface area (Å²) in [7, 11) is -2.40. The van der Waals surface area contributed by atoms with Crippen LogP contribution in [-0.2, 0) is 23.0 Å². The molecule has 0 radical (unpaired) electrons. The first kappa shape index (κ1) is 16.5. The number of hydrogen-bond acceptors (Lipinski definition) is 3. The van der Waals surface area contributed by atoms with Gasteiger partial charge in [-0.25, -0.2) is 8.42 Å². The SMILES string of the molecule is Cc1ccn(-c2ccc(C[SH](=O)=O)cc2)c1-c1ccc(CN)cc1. The molecule has 0 aliphatic heterocycles. The molecular weight excluding hydrogens is 320 g/mol. The third-order valence-electron chi connectivity index (χ3n) is 4.08. The second kappa shape index (κ2) is 7.03. The highest BCUT2D eigenvalue weighted by atomic mass is 32.2. The van der Waals surface area contributed by atoms with Crippen LogP contribution in [0, 0.1) is 6.92 Å². The summed E-state index contributed by atoms with van der Waals surface area (Å²) in [6.07, 6.45) is 2.03. The van der Waals surface area contributed by atoms with Gasteiger partial charge in [0, 0.05) is 18.4 Å². The molecule has 2 N–H and O–H groups in total. The predicted octanol–water partition coefficient (Wildman–Crippen LogP) is 3.02. The lowest BCUT2D eigenvalue weighted by Crippen LogP contribution is -1.98. The summed E-state index contributed by atoms with van der Waals surface area (Å²) in [5.41, 5.74) is 12.0. The average Bonchev–Trinajstić information content (AvgIpc) is 2.97. The van der Waals surface area contributed by atoms with E-state index >= 15 is 0 Å². The van der Waals surface area contributed by atoms with Crippen LogP contribution in [0.15, 0.2) is 60.8 Å². The molecule has 0 unspecified atom stereocenters. The van der Waals surface area contributed by atoms with Crippen LogP contribution in [0.25, 0.3) is 16.9 Å². The van der Waals surface area contributed by atoms with Crippen LogP contribution in [0.3, 0.4) is 0 Å². The number of nitrogens with two attached hydrogens (primary N) is 1. The number of thiol groups is 1. The highest BCUT2D eigenvalue weighted by molar-refractivity contribution is 7.71. The minimum atomic E-state index is -2.40. The second-order valence-corrected chi connectivity index (χ2v) is 6.76. The maximum absolute atomic E-state index is 10.8. The maximum atomic E-state index is 10.8. The van der Waals surface area contributed by atoms with Gasteiger partial charge in [-0.3, -0.25) is 0 Å². The number of nitrogens with zero attached hydrogens (tertiary/aromatic N) is 1. The Bertz CT molecular complexity index is 900. The highest BCUT2D eigenvalue weighted by Crippen LogP contribution is 2.28. The third kappa shape index (κ3) is 3.42. The van der Waals surface area contributed by atoms with Gasteiger partial charge < -0.3 is 10.3 Å². The van der Waals surface area contributed by atoms with E-state index in [-0.39, 0.29) is 5.75 Å². The van der Waals surface area contributed by atoms with Gasteiger partial charge in [0.25, 0.3) is 0 Å². The number of hydrogen-bond donors (Lipinski definition) is 2. The van der Waals surface area contributed by atoms with E-state index in [2.05, 4.69) is 29.7 Å². The van der Waals surface area contributed by atoms with Gasteiger partial charge in [-0.05, 0) is 47.4 Å². The highest BCUT2D eigenvalue weighted by Gasteiger charge is 2.10. The minimum absolute atomic E-state index is 0.0771. The Kier molecular flexibility index (Phi) is 4.83. The Balaban J connectivity index is 2.00. The normalized spacial score (nSPS) is 11.1. The van der Waals surface area contributed by atoms with Crippen molar-refractivity contribution in [2.45, 2.75) is 19.2 Å². The molecule has 0 bridgehead atoms. The zero-order valence-electron chi connectivity index (χ0n) is 13.5. The fourth-order valence-corrected chi connectivity index (χ4v) is 3.33. The lowest BCUT2D eigenvalue weighted by atomic mass is 10.1. The first-order valence-corrected chi connectivity index (χ1v) is 9.13. The molecule has 0 amide bonds. The summed E-state index contributed by atoms with van der Waals surface area (Å²) in [6.45, 7) is 2.61. The molecule has 0 atom stereocenters. The van der Waals surface area contributed by atoms with E-state index < -0.39 is 10.7 Å². The monoisotopic (exact) mass is 340 g/mol. The quantitative estimate of drug-likeness (QED) is 0.702. The largest absolute Gasteiger partial charge is 0.326 e. The van der Waals surface area contributed by atoms with Crippen molar-refractivity contribution in [3.8, 4) is 16.9 Å². The first-order chi connectivity index (χ1) is 11.6. The van der Waals surface area contributed by atoms with Crippen LogP contribution in [-0.4, -0.2) is 13.0 Å². The summed E-state index contributed by atoms with van der Waals surface area (Å²) in [5, 5.41) is 0. The van der Waals surface area contributed by atoms with Crippen molar-refractivity contribution in [2.75, 3.05) is 0 Å². The van der Waals surface area contributed by atoms with Gasteiger partial charge in [-0.1, -0.05) is 36.4 Å². The fourth-order valence-electron chi connectivity index (χ4n) is 2.82. The molecule has 5 heteroatoms. The molecule has 2 aromatic carbocycles. The number of rotatable bonds is 5. The number of aromatic nitrogens is 1. The van der Waals surface area contributed by atoms with E-state index in [9.17, 15) is 8.42 Å². The molecule has 124 valence electrons. The molecule has 0 spiro atoms. The molecule has 24 heavy (non-hydrogen) atoms. The summed E-state index contributed by atoms with van der Waals surface area (Å²) in [5.74, 6) is 0.0771. The molecule has 3 rings (SSSR count). The van der Waals surface area contributed by atoms with Crippen LogP contribution in [0.2, 0.25) is 0 Å². The van der Waals surface area contributed by atoms with Crippen molar-refractivity contribution in [1.29, 1.82) is 0 Å². The van der Waals surface area contributed by atoms with Crippen molar-refractivity contribution in [1.82, 2.24) is 4.57 Å². The Morgan fingerprint density at radius 1 is 0.917 bits per heavy atom. The molecule has 4 nitrogen and oxygen atoms in total. The predicted molar refractivity (Wildman–Crippen MR) is 97.9 cm³/mol. The topological polar surface area (TPSA) is 65.1 Å². The van der Waals surface area contributed by atoms with Crippen molar-refractivity contribution in [3.63, 3.8) is 0 Å². The van der Waals surface area contributed by atoms with E-state index in [0.29, 0.717) is 6.54 Å².